The van der Waals surface area contributed by atoms with Crippen molar-refractivity contribution in [3.8, 4) is 5.75 Å². The van der Waals surface area contributed by atoms with Gasteiger partial charge in [0.05, 0.1) is 12.0 Å². The molecule has 0 radical (unpaired) electrons. The predicted molar refractivity (Wildman–Crippen MR) is 143 cm³/mol. The van der Waals surface area contributed by atoms with Gasteiger partial charge in [-0.25, -0.2) is 4.39 Å². The van der Waals surface area contributed by atoms with E-state index in [1.165, 1.54) is 0 Å². The van der Waals surface area contributed by atoms with Crippen LogP contribution >= 0.6 is 0 Å². The minimum absolute atomic E-state index is 0.0903. The van der Waals surface area contributed by atoms with Crippen LogP contribution in [0, 0.1) is 16.7 Å². The SMILES string of the molecule is CCC(C)C(C)(CC(C)(CC)CC)C(=O)OCCc1ccc(OC(F)(F)C(F)(F)C(F)(F)C(F)(F)C(F)(F)C(F)(C(F)(F)F)C(F)(F)F)cc1. The number of carbonyl (C=O) groups excluding carboxylic acids is 1. The van der Waals surface area contributed by atoms with Crippen LogP contribution in [0.2, 0.25) is 0 Å². The Labute approximate surface area is 275 Å². The number of hydrogen-bond acceptors (Lipinski definition) is 3. The largest absolute Gasteiger partial charge is 0.471 e. The van der Waals surface area contributed by atoms with Gasteiger partial charge in [0.15, 0.2) is 0 Å². The first-order valence-corrected chi connectivity index (χ1v) is 14.8. The molecule has 3 nitrogen and oxygen atoms in total. The highest BCUT2D eigenvalue weighted by Gasteiger charge is 2.97. The molecule has 0 amide bonds. The molecule has 2 atom stereocenters. The van der Waals surface area contributed by atoms with Gasteiger partial charge in [-0.1, -0.05) is 66.0 Å². The molecule has 1 aromatic carbocycles. The summed E-state index contributed by atoms with van der Waals surface area (Å²) < 4.78 is 238. The summed E-state index contributed by atoms with van der Waals surface area (Å²) in [6.07, 6.45) is -21.0. The highest BCUT2D eigenvalue weighted by Crippen LogP contribution is 2.65. The van der Waals surface area contributed by atoms with Gasteiger partial charge in [-0.3, -0.25) is 4.79 Å². The van der Waals surface area contributed by atoms with Crippen LogP contribution in [0.25, 0.3) is 0 Å². The van der Waals surface area contributed by atoms with E-state index in [0.29, 0.717) is 25.0 Å². The molecule has 0 spiro atoms. The van der Waals surface area contributed by atoms with Crippen molar-refractivity contribution in [2.45, 2.75) is 121 Å². The van der Waals surface area contributed by atoms with Crippen molar-refractivity contribution >= 4 is 5.97 Å². The van der Waals surface area contributed by atoms with Crippen LogP contribution in [0.4, 0.5) is 74.6 Å². The van der Waals surface area contributed by atoms with Gasteiger partial charge in [0.2, 0.25) is 0 Å². The zero-order valence-electron chi connectivity index (χ0n) is 27.3. The number of ether oxygens (including phenoxy) is 2. The van der Waals surface area contributed by atoms with E-state index in [1.54, 1.807) is 6.92 Å². The van der Waals surface area contributed by atoms with Gasteiger partial charge >= 0.3 is 53.8 Å². The molecule has 0 aliphatic rings. The third-order valence-electron chi connectivity index (χ3n) is 9.22. The first-order valence-electron chi connectivity index (χ1n) is 14.8. The molecule has 292 valence electrons. The zero-order valence-corrected chi connectivity index (χ0v) is 27.3. The summed E-state index contributed by atoms with van der Waals surface area (Å²) in [5.74, 6) is -36.4. The quantitative estimate of drug-likeness (QED) is 0.117. The second-order valence-electron chi connectivity index (χ2n) is 12.5. The molecule has 0 fully saturated rings. The molecule has 50 heavy (non-hydrogen) atoms. The lowest BCUT2D eigenvalue weighted by molar-refractivity contribution is -0.474. The van der Waals surface area contributed by atoms with Crippen LogP contribution in [0.1, 0.15) is 72.8 Å². The fourth-order valence-corrected chi connectivity index (χ4v) is 4.96. The smallest absolute Gasteiger partial charge is 0.465 e. The minimum Gasteiger partial charge on any atom is -0.465 e. The predicted octanol–water partition coefficient (Wildman–Crippen LogP) is 11.4. The van der Waals surface area contributed by atoms with Crippen LogP contribution < -0.4 is 4.74 Å². The number of alkyl halides is 17. The second kappa shape index (κ2) is 14.4. The summed E-state index contributed by atoms with van der Waals surface area (Å²) in [7, 11) is 0. The van der Waals surface area contributed by atoms with Gasteiger partial charge in [0.25, 0.3) is 0 Å². The molecule has 0 aliphatic carbocycles. The van der Waals surface area contributed by atoms with Crippen molar-refractivity contribution in [3.63, 3.8) is 0 Å². The summed E-state index contributed by atoms with van der Waals surface area (Å²) in [4.78, 5) is 13.1. The highest BCUT2D eigenvalue weighted by molar-refractivity contribution is 5.77. The lowest BCUT2D eigenvalue weighted by atomic mass is 9.64. The van der Waals surface area contributed by atoms with Crippen LogP contribution in [0.5, 0.6) is 5.75 Å². The Hall–Kier alpha value is -2.70. The van der Waals surface area contributed by atoms with Gasteiger partial charge in [0, 0.05) is 6.42 Å². The summed E-state index contributed by atoms with van der Waals surface area (Å²) in [6, 6.07) is 2.26. The Bertz CT molecular complexity index is 1270. The molecule has 0 bridgehead atoms. The van der Waals surface area contributed by atoms with E-state index in [1.807, 2.05) is 34.6 Å². The van der Waals surface area contributed by atoms with Crippen molar-refractivity contribution in [1.29, 1.82) is 0 Å². The van der Waals surface area contributed by atoms with E-state index < -0.39 is 65.0 Å². The minimum atomic E-state index is -8.84. The van der Waals surface area contributed by atoms with Gasteiger partial charge in [0.1, 0.15) is 5.75 Å². The molecular formula is C30H35F17O3. The highest BCUT2D eigenvalue weighted by atomic mass is 19.4. The van der Waals surface area contributed by atoms with Gasteiger partial charge in [-0.15, -0.1) is 0 Å². The molecule has 0 saturated heterocycles. The van der Waals surface area contributed by atoms with Crippen LogP contribution in [-0.2, 0) is 16.0 Å². The molecule has 1 aromatic rings. The monoisotopic (exact) mass is 766 g/mol. The molecule has 0 aromatic heterocycles. The van der Waals surface area contributed by atoms with E-state index in [9.17, 15) is 79.4 Å². The average Bonchev–Trinajstić information content (AvgIpc) is 2.98. The topological polar surface area (TPSA) is 35.5 Å². The Kier molecular flexibility index (Phi) is 13.0. The first-order chi connectivity index (χ1) is 22.1. The first kappa shape index (κ1) is 45.3. The van der Waals surface area contributed by atoms with Crippen molar-refractivity contribution in [2.24, 2.45) is 16.7 Å². The van der Waals surface area contributed by atoms with Crippen molar-refractivity contribution in [3.05, 3.63) is 29.8 Å². The Balaban J connectivity index is 3.26. The number of benzene rings is 1. The normalized spacial score (nSPS) is 16.5. The van der Waals surface area contributed by atoms with Gasteiger partial charge in [-0.05, 0) is 42.4 Å². The van der Waals surface area contributed by atoms with E-state index in [2.05, 4.69) is 4.74 Å². The zero-order chi connectivity index (χ0) is 39.8. The maximum absolute atomic E-state index is 14.2. The van der Waals surface area contributed by atoms with Crippen LogP contribution in [0.3, 0.4) is 0 Å². The fraction of sp³-hybridized carbons (Fsp3) is 0.767. The number of esters is 1. The molecule has 2 unspecified atom stereocenters. The average molecular weight is 767 g/mol. The summed E-state index contributed by atoms with van der Waals surface area (Å²) in [5, 5.41) is 0. The van der Waals surface area contributed by atoms with Crippen molar-refractivity contribution in [2.75, 3.05) is 6.61 Å². The molecule has 0 heterocycles. The number of halogens is 17. The lowest BCUT2D eigenvalue weighted by Crippen LogP contribution is -2.77. The fourth-order valence-electron chi connectivity index (χ4n) is 4.96. The van der Waals surface area contributed by atoms with E-state index in [4.69, 9.17) is 4.74 Å². The third kappa shape index (κ3) is 7.72. The van der Waals surface area contributed by atoms with Crippen LogP contribution in [-0.4, -0.2) is 60.4 Å². The Morgan fingerprint density at radius 2 is 1.08 bits per heavy atom. The van der Waals surface area contributed by atoms with Crippen LogP contribution in [0.15, 0.2) is 24.3 Å². The number of carbonyl (C=O) groups is 1. The molecule has 0 saturated carbocycles. The second-order valence-corrected chi connectivity index (χ2v) is 12.5. The molecule has 0 aliphatic heterocycles. The summed E-state index contributed by atoms with van der Waals surface area (Å²) >= 11 is 0. The number of hydrogen-bond donors (Lipinski definition) is 0. The maximum atomic E-state index is 14.2. The van der Waals surface area contributed by atoms with E-state index in [-0.39, 0.29) is 29.9 Å². The molecular weight excluding hydrogens is 731 g/mol. The van der Waals surface area contributed by atoms with Crippen molar-refractivity contribution in [1.82, 2.24) is 0 Å². The molecule has 20 heteroatoms. The third-order valence-corrected chi connectivity index (χ3v) is 9.22. The Morgan fingerprint density at radius 3 is 1.46 bits per heavy atom. The van der Waals surface area contributed by atoms with Gasteiger partial charge in [-0.2, -0.15) is 70.2 Å². The van der Waals surface area contributed by atoms with E-state index >= 15 is 0 Å². The van der Waals surface area contributed by atoms with Crippen molar-refractivity contribution < 1.29 is 88.9 Å². The lowest BCUT2D eigenvalue weighted by Gasteiger charge is -2.43. The Morgan fingerprint density at radius 1 is 0.660 bits per heavy atom. The number of rotatable bonds is 17. The van der Waals surface area contributed by atoms with Gasteiger partial charge < -0.3 is 9.47 Å². The molecule has 0 N–H and O–H groups in total. The van der Waals surface area contributed by atoms with E-state index in [0.717, 1.165) is 25.0 Å². The summed E-state index contributed by atoms with van der Waals surface area (Å²) in [6.45, 7) is 11.1. The maximum Gasteiger partial charge on any atom is 0.471 e. The summed E-state index contributed by atoms with van der Waals surface area (Å²) in [5.41, 5.74) is -9.67. The standard InChI is InChI=1S/C30H35F17O3/c1-7-17(4)22(6,16-21(5,8-2)9-3)20(48)49-15-14-18-10-12-19(13-11-18)50-30(46,47)27(38,39)26(36,37)25(34,35)24(32,33)23(31,28(40,41)42)29(43,44)45/h10-13,17H,7-9,14-16H2,1-6H3. The molecule has 1 rings (SSSR count).